The minimum Gasteiger partial charge on any atom is -0.366 e. The summed E-state index contributed by atoms with van der Waals surface area (Å²) in [5.74, 6) is 0.429. The first-order valence-electron chi connectivity index (χ1n) is 4.47. The highest BCUT2D eigenvalue weighted by molar-refractivity contribution is 5.30. The Bertz CT molecular complexity index is 330. The molecule has 4 nitrogen and oxygen atoms in total. The van der Waals surface area contributed by atoms with E-state index in [9.17, 15) is 4.79 Å². The molecular weight excluding hydrogens is 166 g/mol. The zero-order valence-corrected chi connectivity index (χ0v) is 8.24. The van der Waals surface area contributed by atoms with Gasteiger partial charge in [0.2, 0.25) is 0 Å². The lowest BCUT2D eigenvalue weighted by Crippen LogP contribution is -2.25. The Morgan fingerprint density at radius 3 is 2.85 bits per heavy atom. The molecule has 0 aliphatic heterocycles. The molecule has 0 amide bonds. The molecular formula is C9H15N3O. The molecule has 1 aromatic heterocycles. The van der Waals surface area contributed by atoms with Gasteiger partial charge < -0.3 is 9.88 Å². The van der Waals surface area contributed by atoms with Crippen molar-refractivity contribution in [1.82, 2.24) is 9.55 Å². The molecule has 13 heavy (non-hydrogen) atoms. The number of aromatic nitrogens is 2. The van der Waals surface area contributed by atoms with E-state index in [1.54, 1.807) is 17.0 Å². The van der Waals surface area contributed by atoms with E-state index in [1.807, 2.05) is 20.8 Å². The predicted octanol–water partition coefficient (Wildman–Crippen LogP) is 1.26. The molecule has 0 radical (unpaired) electrons. The van der Waals surface area contributed by atoms with Crippen molar-refractivity contribution in [2.75, 3.05) is 11.9 Å². The molecule has 72 valence electrons. The van der Waals surface area contributed by atoms with Crippen molar-refractivity contribution < 1.29 is 0 Å². The summed E-state index contributed by atoms with van der Waals surface area (Å²) in [5, 5.41) is 2.93. The van der Waals surface area contributed by atoms with Crippen LogP contribution in [0, 0.1) is 0 Å². The number of nitrogens with zero attached hydrogens (tertiary/aromatic N) is 2. The van der Waals surface area contributed by atoms with Crippen LogP contribution in [0.5, 0.6) is 0 Å². The fourth-order valence-corrected chi connectivity index (χ4v) is 1.12. The number of hydrogen-bond acceptors (Lipinski definition) is 3. The Morgan fingerprint density at radius 2 is 2.31 bits per heavy atom. The normalized spacial score (nSPS) is 10.5. The molecule has 1 rings (SSSR count). The summed E-state index contributed by atoms with van der Waals surface area (Å²) >= 11 is 0. The van der Waals surface area contributed by atoms with Crippen molar-refractivity contribution in [3.05, 3.63) is 22.7 Å². The predicted molar refractivity (Wildman–Crippen MR) is 53.0 cm³/mol. The van der Waals surface area contributed by atoms with Crippen molar-refractivity contribution in [1.29, 1.82) is 0 Å². The van der Waals surface area contributed by atoms with E-state index in [0.29, 0.717) is 12.4 Å². The van der Waals surface area contributed by atoms with Gasteiger partial charge in [0, 0.05) is 25.0 Å². The molecule has 1 aromatic rings. The molecule has 0 saturated heterocycles. The highest BCUT2D eigenvalue weighted by Gasteiger charge is 2.04. The second kappa shape index (κ2) is 4.07. The van der Waals surface area contributed by atoms with E-state index in [4.69, 9.17) is 0 Å². The van der Waals surface area contributed by atoms with Gasteiger partial charge in [-0.25, -0.2) is 4.98 Å². The molecule has 0 saturated carbocycles. The molecule has 0 fully saturated rings. The minimum atomic E-state index is -0.0562. The monoisotopic (exact) mass is 181 g/mol. The summed E-state index contributed by atoms with van der Waals surface area (Å²) in [7, 11) is 0. The maximum atomic E-state index is 11.6. The smallest absolute Gasteiger partial charge is 0.293 e. The molecule has 0 unspecified atom stereocenters. The summed E-state index contributed by atoms with van der Waals surface area (Å²) in [6.07, 6.45) is 3.34. The van der Waals surface area contributed by atoms with E-state index in [-0.39, 0.29) is 11.6 Å². The number of nitrogens with one attached hydrogen (secondary N) is 1. The van der Waals surface area contributed by atoms with Crippen LogP contribution in [-0.2, 0) is 0 Å². The molecule has 0 aromatic carbocycles. The van der Waals surface area contributed by atoms with Crippen LogP contribution in [0.15, 0.2) is 17.2 Å². The summed E-state index contributed by atoms with van der Waals surface area (Å²) in [6, 6.07) is 0.174. The SMILES string of the molecule is CCNc1nccn(C(C)C)c1=O. The fourth-order valence-electron chi connectivity index (χ4n) is 1.12. The van der Waals surface area contributed by atoms with Crippen molar-refractivity contribution in [2.45, 2.75) is 26.8 Å². The van der Waals surface area contributed by atoms with Gasteiger partial charge in [-0.15, -0.1) is 0 Å². The van der Waals surface area contributed by atoms with Gasteiger partial charge in [0.15, 0.2) is 5.82 Å². The number of hydrogen-bond donors (Lipinski definition) is 1. The van der Waals surface area contributed by atoms with Gasteiger partial charge in [0.05, 0.1) is 0 Å². The number of anilines is 1. The average Bonchev–Trinajstić information content (AvgIpc) is 2.08. The standard InChI is InChI=1S/C9H15N3O/c1-4-10-8-9(13)12(7(2)3)6-5-11-8/h5-7H,4H2,1-3H3,(H,10,11). The van der Waals surface area contributed by atoms with Gasteiger partial charge >= 0.3 is 0 Å². The van der Waals surface area contributed by atoms with Crippen molar-refractivity contribution in [3.8, 4) is 0 Å². The van der Waals surface area contributed by atoms with E-state index < -0.39 is 0 Å². The van der Waals surface area contributed by atoms with Crippen molar-refractivity contribution in [2.24, 2.45) is 0 Å². The first-order valence-corrected chi connectivity index (χ1v) is 4.47. The van der Waals surface area contributed by atoms with Crippen LogP contribution in [0.25, 0.3) is 0 Å². The topological polar surface area (TPSA) is 46.9 Å². The highest BCUT2D eigenvalue weighted by Crippen LogP contribution is 2.00. The van der Waals surface area contributed by atoms with Gasteiger partial charge in [-0.2, -0.15) is 0 Å². The van der Waals surface area contributed by atoms with Gasteiger partial charge in [-0.3, -0.25) is 4.79 Å². The van der Waals surface area contributed by atoms with Gasteiger partial charge in [-0.05, 0) is 20.8 Å². The van der Waals surface area contributed by atoms with Crippen LogP contribution in [0.3, 0.4) is 0 Å². The second-order valence-electron chi connectivity index (χ2n) is 3.11. The number of rotatable bonds is 3. The average molecular weight is 181 g/mol. The molecule has 0 bridgehead atoms. The Labute approximate surface area is 77.6 Å². The van der Waals surface area contributed by atoms with E-state index in [1.165, 1.54) is 0 Å². The van der Waals surface area contributed by atoms with E-state index >= 15 is 0 Å². The minimum absolute atomic E-state index is 0.0562. The summed E-state index contributed by atoms with van der Waals surface area (Å²) in [6.45, 7) is 6.59. The third-order valence-corrected chi connectivity index (χ3v) is 1.77. The third kappa shape index (κ3) is 2.08. The first-order chi connectivity index (χ1) is 6.16. The molecule has 0 atom stereocenters. The molecule has 0 aliphatic carbocycles. The molecule has 0 aliphatic rings. The Hall–Kier alpha value is -1.32. The fraction of sp³-hybridized carbons (Fsp3) is 0.556. The molecule has 4 heteroatoms. The summed E-state index contributed by atoms with van der Waals surface area (Å²) < 4.78 is 1.66. The Morgan fingerprint density at radius 1 is 1.62 bits per heavy atom. The summed E-state index contributed by atoms with van der Waals surface area (Å²) in [5.41, 5.74) is -0.0562. The zero-order valence-electron chi connectivity index (χ0n) is 8.24. The maximum Gasteiger partial charge on any atom is 0.293 e. The molecule has 1 N–H and O–H groups in total. The molecule has 1 heterocycles. The largest absolute Gasteiger partial charge is 0.366 e. The Balaban J connectivity index is 3.11. The first kappa shape index (κ1) is 9.77. The van der Waals surface area contributed by atoms with Crippen LogP contribution in [0.1, 0.15) is 26.8 Å². The van der Waals surface area contributed by atoms with Gasteiger partial charge in [0.25, 0.3) is 5.56 Å². The lowest BCUT2D eigenvalue weighted by atomic mass is 10.4. The van der Waals surface area contributed by atoms with Gasteiger partial charge in [0.1, 0.15) is 0 Å². The van der Waals surface area contributed by atoms with Crippen LogP contribution in [-0.4, -0.2) is 16.1 Å². The Kier molecular flexibility index (Phi) is 3.06. The van der Waals surface area contributed by atoms with Gasteiger partial charge in [-0.1, -0.05) is 0 Å². The quantitative estimate of drug-likeness (QED) is 0.763. The zero-order chi connectivity index (χ0) is 9.84. The highest BCUT2D eigenvalue weighted by atomic mass is 16.1. The second-order valence-corrected chi connectivity index (χ2v) is 3.11. The lowest BCUT2D eigenvalue weighted by molar-refractivity contribution is 0.575. The van der Waals surface area contributed by atoms with Crippen LogP contribution >= 0.6 is 0 Å². The summed E-state index contributed by atoms with van der Waals surface area (Å²) in [4.78, 5) is 15.6. The van der Waals surface area contributed by atoms with Crippen LogP contribution in [0.4, 0.5) is 5.82 Å². The lowest BCUT2D eigenvalue weighted by Gasteiger charge is -2.10. The van der Waals surface area contributed by atoms with Crippen molar-refractivity contribution in [3.63, 3.8) is 0 Å². The van der Waals surface area contributed by atoms with Crippen LogP contribution < -0.4 is 10.9 Å². The van der Waals surface area contributed by atoms with Crippen molar-refractivity contribution >= 4 is 5.82 Å². The third-order valence-electron chi connectivity index (χ3n) is 1.77. The molecule has 0 spiro atoms. The van der Waals surface area contributed by atoms with E-state index in [0.717, 1.165) is 0 Å². The van der Waals surface area contributed by atoms with E-state index in [2.05, 4.69) is 10.3 Å². The van der Waals surface area contributed by atoms with Crippen LogP contribution in [0.2, 0.25) is 0 Å². The maximum absolute atomic E-state index is 11.6.